The van der Waals surface area contributed by atoms with Crippen LogP contribution in [-0.2, 0) is 62.6 Å². The number of fused-ring (bicyclic) bond motifs is 2. The number of primary amides is 1. The Morgan fingerprint density at radius 2 is 1.49 bits per heavy atom. The summed E-state index contributed by atoms with van der Waals surface area (Å²) < 4.78 is 53.3. The Balaban J connectivity index is 0.00000158. The van der Waals surface area contributed by atoms with Crippen molar-refractivity contribution in [1.82, 2.24) is 60.6 Å². The fraction of sp³-hybridized carbons (Fsp3) is 0.514. The van der Waals surface area contributed by atoms with Crippen LogP contribution >= 0.6 is 11.3 Å². The van der Waals surface area contributed by atoms with E-state index in [2.05, 4.69) is 55.1 Å². The molecule has 30 nitrogen and oxygen atoms in total. The molecule has 2 aromatic carbocycles. The molecule has 4 atom stereocenters. The number of nitrogens with one attached hydrogen (secondary N) is 5. The molecule has 8 amide bonds. The maximum atomic E-state index is 13.8. The monoisotopic (exact) mass is 1520 g/mol. The number of urea groups is 1. The van der Waals surface area contributed by atoms with Gasteiger partial charge in [0.05, 0.1) is 48.4 Å². The molecule has 578 valence electrons. The maximum absolute atomic E-state index is 13.8. The van der Waals surface area contributed by atoms with E-state index in [0.717, 1.165) is 101 Å². The van der Waals surface area contributed by atoms with Gasteiger partial charge in [-0.2, -0.15) is 18.3 Å². The minimum Gasteiger partial charge on any atom is -0.476 e. The zero-order chi connectivity index (χ0) is 77.5. The lowest BCUT2D eigenvalue weighted by Gasteiger charge is -2.69. The van der Waals surface area contributed by atoms with Crippen LogP contribution in [0, 0.1) is 36.0 Å². The van der Waals surface area contributed by atoms with Crippen molar-refractivity contribution in [2.45, 2.75) is 149 Å². The van der Waals surface area contributed by atoms with Crippen molar-refractivity contribution in [3.05, 3.63) is 107 Å². The number of nitrogens with two attached hydrogens (primary N) is 1. The summed E-state index contributed by atoms with van der Waals surface area (Å²) in [6, 6.07) is 15.7. The largest absolute Gasteiger partial charge is 0.490 e. The number of amides is 8. The summed E-state index contributed by atoms with van der Waals surface area (Å²) in [5, 5.41) is 47.1. The van der Waals surface area contributed by atoms with Gasteiger partial charge in [0.1, 0.15) is 24.5 Å². The van der Waals surface area contributed by atoms with Crippen LogP contribution in [0.4, 0.5) is 51.0 Å². The summed E-state index contributed by atoms with van der Waals surface area (Å²) in [6.45, 7) is 17.5. The second-order valence-electron chi connectivity index (χ2n) is 29.9. The lowest BCUT2D eigenvalue weighted by molar-refractivity contribution is -0.249. The number of carboxylic acid groups (broad SMARTS) is 2. The molecule has 4 aromatic heterocycles. The molecule has 6 aromatic rings. The minimum absolute atomic E-state index is 0.00125. The number of halogens is 3. The molecule has 4 bridgehead atoms. The van der Waals surface area contributed by atoms with Crippen molar-refractivity contribution in [1.29, 1.82) is 0 Å². The van der Waals surface area contributed by atoms with Gasteiger partial charge in [-0.25, -0.2) is 29.1 Å². The van der Waals surface area contributed by atoms with Crippen molar-refractivity contribution < 1.29 is 80.7 Å². The van der Waals surface area contributed by atoms with Gasteiger partial charge in [-0.15, -0.1) is 10.2 Å². The molecule has 7 aliphatic rings. The molecule has 7 heterocycles. The Hall–Kier alpha value is -10.2. The smallest absolute Gasteiger partial charge is 0.476 e. The Bertz CT molecular complexity index is 4340. The van der Waals surface area contributed by atoms with Gasteiger partial charge in [0.25, 0.3) is 11.8 Å². The fourth-order valence-electron chi connectivity index (χ4n) is 16.9. The number of ether oxygens (including phenoxy) is 3. The van der Waals surface area contributed by atoms with Crippen LogP contribution in [-0.4, -0.2) is 204 Å². The molecule has 108 heavy (non-hydrogen) atoms. The molecule has 1 saturated heterocycles. The number of anilines is 5. The average molecular weight is 1520 g/mol. The number of alkyl halides is 3. The second-order valence-corrected chi connectivity index (χ2v) is 30.9. The molecule has 3 aliphatic heterocycles. The number of para-hydroxylation sites is 1. The predicted octanol–water partition coefficient (Wildman–Crippen LogP) is 8.56. The van der Waals surface area contributed by atoms with Crippen molar-refractivity contribution in [2.75, 3.05) is 87.7 Å². The highest BCUT2D eigenvalue weighted by Crippen LogP contribution is 2.72. The number of piperazine rings is 1. The Morgan fingerprint density at radius 1 is 0.787 bits per heavy atom. The van der Waals surface area contributed by atoms with Gasteiger partial charge >= 0.3 is 30.2 Å². The number of carbonyl (C=O) groups excluding carboxylic acids is 7. The molecule has 2 unspecified atom stereocenters. The number of aliphatic carboxylic acids is 1. The van der Waals surface area contributed by atoms with E-state index in [0.29, 0.717) is 80.1 Å². The van der Waals surface area contributed by atoms with E-state index >= 15 is 0 Å². The SMILES string of the molecule is Cc1c(Nc2nc3ccccc3s2)nnc2c1CCCN2c1ccc(-c2cnn(CC34CC5(C)CC(C)(C3)CC(OCCN3CCN(C(=O)OCc6ccc(NC(=O)[C@H](CCCNC(N)=O)NC(=O)[C@@H](NC(=O)CCOCCN7C(=O)C=CC7=O)C(C)C)cc6)CC3)(C5)C4)c2C)c(C(=O)O)n1.O=C(O)C(F)(F)F. The summed E-state index contributed by atoms with van der Waals surface area (Å²) in [7, 11) is 0. The lowest BCUT2D eigenvalue weighted by Crippen LogP contribution is -2.64. The van der Waals surface area contributed by atoms with Crippen LogP contribution < -0.4 is 37.2 Å². The summed E-state index contributed by atoms with van der Waals surface area (Å²) in [5.74, 6) is -4.95. The molecule has 4 saturated carbocycles. The number of thiazole rings is 1. The number of pyridine rings is 1. The van der Waals surface area contributed by atoms with Gasteiger partial charge in [-0.1, -0.05) is 63.3 Å². The van der Waals surface area contributed by atoms with E-state index in [1.165, 1.54) is 12.2 Å². The normalized spacial score (nSPS) is 21.4. The number of hydrogen-bond donors (Lipinski definition) is 8. The van der Waals surface area contributed by atoms with E-state index in [9.17, 15) is 56.6 Å². The standard InChI is InChI=1S/C72H90N16O12S.C2HF3O2/c1-44(2)59(80-56(89)23-32-98-33-31-87-57(90)21-22-58(87)91)64(93)77-53(13-9-24-74-66(73)96)63(92)76-48-17-15-47(16-18-48)36-99-68(97)85-28-26-84(27-29-85)30-34-100-72-40-69(5)37-70(6,41-72)39-71(38-69,42-72)43-88-46(4)51(35-75-88)50-19-20-55(79-60(50)65(94)95)86-25-10-11-49-45(3)61(82-83-62(49)86)81-67-78-52-12-7-8-14-54(52)101-67;3-2(4,5)1(6)7/h7-8,12,14-22,35,44,53,59H,9-11,13,23-34,36-43H2,1-6H3,(H,76,92)(H,77,93)(H,80,89)(H,94,95)(H3,73,74,96)(H,78,81,82);(H,6,7)/t53-,59-,69?,70?,71?,72?;/m0./s1. The first-order valence-corrected chi connectivity index (χ1v) is 36.9. The Morgan fingerprint density at radius 3 is 2.16 bits per heavy atom. The van der Waals surface area contributed by atoms with Crippen molar-refractivity contribution >= 4 is 103 Å². The average Bonchev–Trinajstić information content (AvgIpc) is 0.904. The molecule has 0 spiro atoms. The van der Waals surface area contributed by atoms with E-state index in [-0.39, 0.29) is 85.6 Å². The van der Waals surface area contributed by atoms with E-state index < -0.39 is 71.9 Å². The number of hydrogen-bond acceptors (Lipinski definition) is 21. The molecule has 4 aliphatic carbocycles. The maximum Gasteiger partial charge on any atom is 0.490 e. The summed E-state index contributed by atoms with van der Waals surface area (Å²) in [5.41, 5.74) is 11.1. The van der Waals surface area contributed by atoms with Gasteiger partial charge < -0.3 is 66.5 Å². The Kier molecular flexibility index (Phi) is 24.2. The first-order chi connectivity index (χ1) is 51.3. The highest BCUT2D eigenvalue weighted by Gasteiger charge is 2.66. The number of rotatable bonds is 29. The molecule has 34 heteroatoms. The number of aromatic carboxylic acids is 1. The third kappa shape index (κ3) is 19.0. The van der Waals surface area contributed by atoms with Gasteiger partial charge in [0.15, 0.2) is 22.5 Å². The third-order valence-electron chi connectivity index (χ3n) is 20.8. The number of benzene rings is 2. The van der Waals surface area contributed by atoms with Crippen LogP contribution in [0.2, 0.25) is 0 Å². The Labute approximate surface area is 625 Å². The highest BCUT2D eigenvalue weighted by atomic mass is 32.1. The molecular weight excluding hydrogens is 1430 g/mol. The number of nitrogens with zero attached hydrogens (tertiary/aromatic N) is 10. The topological polar surface area (TPSA) is 390 Å². The summed E-state index contributed by atoms with van der Waals surface area (Å²) in [6.07, 6.45) is 6.70. The first-order valence-electron chi connectivity index (χ1n) is 36.1. The first kappa shape index (κ1) is 78.9. The number of carbonyl (C=O) groups is 9. The molecule has 13 rings (SSSR count). The lowest BCUT2D eigenvalue weighted by atomic mass is 9.39. The molecule has 9 N–H and O–H groups in total. The third-order valence-corrected chi connectivity index (χ3v) is 21.7. The quantitative estimate of drug-likeness (QED) is 0.0161. The molecule has 0 radical (unpaired) electrons. The van der Waals surface area contributed by atoms with Gasteiger partial charge in [0.2, 0.25) is 17.7 Å². The highest BCUT2D eigenvalue weighted by molar-refractivity contribution is 7.22. The minimum atomic E-state index is -5.08. The number of imide groups is 1. The number of aromatic nitrogens is 6. The van der Waals surface area contributed by atoms with Gasteiger partial charge in [-0.05, 0) is 142 Å². The van der Waals surface area contributed by atoms with Crippen LogP contribution in [0.5, 0.6) is 0 Å². The summed E-state index contributed by atoms with van der Waals surface area (Å²) in [4.78, 5) is 127. The van der Waals surface area contributed by atoms with Crippen LogP contribution in [0.3, 0.4) is 0 Å². The van der Waals surface area contributed by atoms with Crippen molar-refractivity contribution in [2.24, 2.45) is 27.9 Å². The van der Waals surface area contributed by atoms with Crippen molar-refractivity contribution in [3.8, 4) is 11.1 Å². The van der Waals surface area contributed by atoms with E-state index in [1.807, 2.05) is 55.1 Å². The van der Waals surface area contributed by atoms with Crippen LogP contribution in [0.25, 0.3) is 21.3 Å². The molecule has 5 fully saturated rings. The van der Waals surface area contributed by atoms with Crippen LogP contribution in [0.15, 0.2) is 79.0 Å². The number of carboxylic acids is 2. The predicted molar refractivity (Wildman–Crippen MR) is 391 cm³/mol. The van der Waals surface area contributed by atoms with E-state index in [1.54, 1.807) is 60.5 Å². The fourth-order valence-corrected chi connectivity index (χ4v) is 17.7. The van der Waals surface area contributed by atoms with Crippen LogP contribution in [0.1, 0.15) is 125 Å². The van der Waals surface area contributed by atoms with E-state index in [4.69, 9.17) is 50.0 Å². The van der Waals surface area contributed by atoms with Crippen molar-refractivity contribution in [3.63, 3.8) is 0 Å². The van der Waals surface area contributed by atoms with Gasteiger partial charge in [-0.3, -0.25) is 38.5 Å². The van der Waals surface area contributed by atoms with Gasteiger partial charge in [0, 0.05) is 105 Å². The summed E-state index contributed by atoms with van der Waals surface area (Å²) >= 11 is 1.56. The second kappa shape index (κ2) is 33.1. The molecular formula is C74H91F3N16O14S. The zero-order valence-electron chi connectivity index (χ0n) is 61.1. The zero-order valence-corrected chi connectivity index (χ0v) is 61.9.